The summed E-state index contributed by atoms with van der Waals surface area (Å²) < 4.78 is 1.98. The lowest BCUT2D eigenvalue weighted by Crippen LogP contribution is -2.04. The highest BCUT2D eigenvalue weighted by Gasteiger charge is 2.16. The van der Waals surface area contributed by atoms with E-state index in [2.05, 4.69) is 36.2 Å². The maximum Gasteiger partial charge on any atom is 0.143 e. The van der Waals surface area contributed by atoms with Gasteiger partial charge in [-0.1, -0.05) is 19.1 Å². The predicted octanol–water partition coefficient (Wildman–Crippen LogP) is 3.22. The van der Waals surface area contributed by atoms with Gasteiger partial charge in [0.15, 0.2) is 0 Å². The molecule has 0 radical (unpaired) electrons. The number of nitrogens with zero attached hydrogens (tertiary/aromatic N) is 2. The van der Waals surface area contributed by atoms with Crippen molar-refractivity contribution in [3.63, 3.8) is 0 Å². The van der Waals surface area contributed by atoms with Gasteiger partial charge in [-0.15, -0.1) is 0 Å². The maximum absolute atomic E-state index is 10.0. The number of rotatable bonds is 3. The molecule has 0 fully saturated rings. The van der Waals surface area contributed by atoms with Crippen molar-refractivity contribution in [3.8, 4) is 5.69 Å². The molecule has 108 valence electrons. The fourth-order valence-corrected chi connectivity index (χ4v) is 2.55. The number of aromatic nitrogens is 2. The van der Waals surface area contributed by atoms with Gasteiger partial charge in [0.1, 0.15) is 11.9 Å². The minimum Gasteiger partial charge on any atom is -0.399 e. The second-order valence-electron chi connectivity index (χ2n) is 5.25. The fourth-order valence-electron chi connectivity index (χ4n) is 2.55. The maximum atomic E-state index is 10.0. The van der Waals surface area contributed by atoms with E-state index >= 15 is 0 Å². The molecule has 0 aliphatic heterocycles. The van der Waals surface area contributed by atoms with Gasteiger partial charge in [0, 0.05) is 11.4 Å². The molecule has 2 aromatic carbocycles. The summed E-state index contributed by atoms with van der Waals surface area (Å²) in [5.74, 6) is 0.625. The Balaban J connectivity index is 2.25. The summed E-state index contributed by atoms with van der Waals surface area (Å²) in [5.41, 5.74) is 10.5. The van der Waals surface area contributed by atoms with E-state index in [9.17, 15) is 5.11 Å². The van der Waals surface area contributed by atoms with Crippen LogP contribution in [-0.4, -0.2) is 14.7 Å². The van der Waals surface area contributed by atoms with Crippen LogP contribution in [-0.2, 0) is 6.42 Å². The summed E-state index contributed by atoms with van der Waals surface area (Å²) >= 11 is 0. The quantitative estimate of drug-likeness (QED) is 0.724. The molecule has 0 saturated carbocycles. The number of aliphatic hydroxyl groups is 1. The van der Waals surface area contributed by atoms with Crippen LogP contribution in [0.2, 0.25) is 0 Å². The lowest BCUT2D eigenvalue weighted by atomic mass is 10.1. The Hall–Kier alpha value is -2.33. The molecule has 3 aromatic rings. The number of aryl methyl sites for hydroxylation is 1. The molecule has 1 heterocycles. The number of fused-ring (bicyclic) bond motifs is 1. The normalized spacial score (nSPS) is 12.7. The van der Waals surface area contributed by atoms with Crippen molar-refractivity contribution in [3.05, 3.63) is 53.9 Å². The van der Waals surface area contributed by atoms with Crippen molar-refractivity contribution in [1.29, 1.82) is 0 Å². The lowest BCUT2D eigenvalue weighted by Gasteiger charge is -2.11. The van der Waals surface area contributed by atoms with Gasteiger partial charge in [-0.2, -0.15) is 0 Å². The zero-order valence-electron chi connectivity index (χ0n) is 12.2. The van der Waals surface area contributed by atoms with Gasteiger partial charge in [-0.3, -0.25) is 4.57 Å². The monoisotopic (exact) mass is 281 g/mol. The number of aliphatic hydroxyl groups excluding tert-OH is 1. The lowest BCUT2D eigenvalue weighted by molar-refractivity contribution is 0.187. The van der Waals surface area contributed by atoms with Crippen LogP contribution in [0.4, 0.5) is 5.69 Å². The van der Waals surface area contributed by atoms with Crippen LogP contribution in [0, 0.1) is 0 Å². The highest BCUT2D eigenvalue weighted by molar-refractivity contribution is 5.81. The van der Waals surface area contributed by atoms with Crippen LogP contribution in [0.3, 0.4) is 0 Å². The van der Waals surface area contributed by atoms with E-state index in [4.69, 9.17) is 5.73 Å². The number of anilines is 1. The molecule has 1 aromatic heterocycles. The first-order valence-corrected chi connectivity index (χ1v) is 7.15. The third kappa shape index (κ3) is 2.38. The number of benzene rings is 2. The van der Waals surface area contributed by atoms with Gasteiger partial charge in [0.05, 0.1) is 11.0 Å². The molecule has 0 spiro atoms. The zero-order valence-corrected chi connectivity index (χ0v) is 12.2. The second-order valence-corrected chi connectivity index (χ2v) is 5.25. The van der Waals surface area contributed by atoms with Crippen LogP contribution >= 0.6 is 0 Å². The van der Waals surface area contributed by atoms with Crippen LogP contribution in [0.15, 0.2) is 42.5 Å². The molecule has 3 N–H and O–H groups in total. The topological polar surface area (TPSA) is 64.1 Å². The van der Waals surface area contributed by atoms with Crippen molar-refractivity contribution in [2.24, 2.45) is 0 Å². The number of imidazole rings is 1. The van der Waals surface area contributed by atoms with Crippen molar-refractivity contribution >= 4 is 16.7 Å². The second kappa shape index (κ2) is 5.22. The first-order chi connectivity index (χ1) is 10.1. The Labute approximate surface area is 123 Å². The number of hydrogen-bond acceptors (Lipinski definition) is 3. The Morgan fingerprint density at radius 1 is 1.19 bits per heavy atom. The molecule has 4 nitrogen and oxygen atoms in total. The molecule has 1 unspecified atom stereocenters. The van der Waals surface area contributed by atoms with Crippen molar-refractivity contribution < 1.29 is 5.11 Å². The first kappa shape index (κ1) is 13.6. The minimum absolute atomic E-state index is 0.625. The summed E-state index contributed by atoms with van der Waals surface area (Å²) in [6.07, 6.45) is 0.356. The van der Waals surface area contributed by atoms with Crippen molar-refractivity contribution in [2.75, 3.05) is 5.73 Å². The number of nitrogen functional groups attached to an aromatic ring is 1. The number of nitrogens with two attached hydrogens (primary N) is 1. The Bertz CT molecular complexity index is 773. The highest BCUT2D eigenvalue weighted by Crippen LogP contribution is 2.26. The standard InChI is InChI=1S/C17H19N3O/c1-3-12-4-7-14(8-5-12)20-16-9-6-13(18)10-15(16)19-17(20)11(2)21/h4-11,21H,3,18H2,1-2H3. The molecule has 0 saturated heterocycles. The Morgan fingerprint density at radius 2 is 1.90 bits per heavy atom. The van der Waals surface area contributed by atoms with E-state index in [0.29, 0.717) is 11.5 Å². The van der Waals surface area contributed by atoms with E-state index in [-0.39, 0.29) is 0 Å². The summed E-state index contributed by atoms with van der Waals surface area (Å²) in [4.78, 5) is 4.52. The molecular formula is C17H19N3O. The molecule has 3 rings (SSSR count). The van der Waals surface area contributed by atoms with Crippen molar-refractivity contribution in [2.45, 2.75) is 26.4 Å². The zero-order chi connectivity index (χ0) is 15.0. The first-order valence-electron chi connectivity index (χ1n) is 7.15. The highest BCUT2D eigenvalue weighted by atomic mass is 16.3. The van der Waals surface area contributed by atoms with Crippen molar-refractivity contribution in [1.82, 2.24) is 9.55 Å². The summed E-state index contributed by atoms with van der Waals surface area (Å²) in [5, 5.41) is 10.0. The van der Waals surface area contributed by atoms with Gasteiger partial charge < -0.3 is 10.8 Å². The van der Waals surface area contributed by atoms with E-state index < -0.39 is 6.10 Å². The van der Waals surface area contributed by atoms with E-state index in [1.165, 1.54) is 5.56 Å². The SMILES string of the molecule is CCc1ccc(-n2c(C(C)O)nc3cc(N)ccc32)cc1. The van der Waals surface area contributed by atoms with Crippen LogP contribution in [0.5, 0.6) is 0 Å². The molecule has 0 aliphatic carbocycles. The molecular weight excluding hydrogens is 262 g/mol. The van der Waals surface area contributed by atoms with Crippen LogP contribution in [0.1, 0.15) is 31.3 Å². The molecule has 4 heteroatoms. The molecule has 1 atom stereocenters. The molecule has 0 bridgehead atoms. The van der Waals surface area contributed by atoms with Gasteiger partial charge in [-0.05, 0) is 49.2 Å². The van der Waals surface area contributed by atoms with Gasteiger partial charge in [0.2, 0.25) is 0 Å². The third-order valence-electron chi connectivity index (χ3n) is 3.68. The van der Waals surface area contributed by atoms with E-state index in [1.807, 2.05) is 22.8 Å². The van der Waals surface area contributed by atoms with Gasteiger partial charge >= 0.3 is 0 Å². The van der Waals surface area contributed by atoms with Crippen LogP contribution < -0.4 is 5.73 Å². The molecule has 0 amide bonds. The smallest absolute Gasteiger partial charge is 0.143 e. The average molecular weight is 281 g/mol. The number of hydrogen-bond donors (Lipinski definition) is 2. The van der Waals surface area contributed by atoms with Crippen LogP contribution in [0.25, 0.3) is 16.7 Å². The van der Waals surface area contributed by atoms with E-state index in [1.54, 1.807) is 6.92 Å². The third-order valence-corrected chi connectivity index (χ3v) is 3.68. The van der Waals surface area contributed by atoms with E-state index in [0.717, 1.165) is 23.1 Å². The molecule has 21 heavy (non-hydrogen) atoms. The average Bonchev–Trinajstić information content (AvgIpc) is 2.86. The van der Waals surface area contributed by atoms with Gasteiger partial charge in [0.25, 0.3) is 0 Å². The summed E-state index contributed by atoms with van der Waals surface area (Å²) in [7, 11) is 0. The predicted molar refractivity (Wildman–Crippen MR) is 85.5 cm³/mol. The Kier molecular flexibility index (Phi) is 3.39. The van der Waals surface area contributed by atoms with Gasteiger partial charge in [-0.25, -0.2) is 4.98 Å². The largest absolute Gasteiger partial charge is 0.399 e. The minimum atomic E-state index is -0.649. The summed E-state index contributed by atoms with van der Waals surface area (Å²) in [6.45, 7) is 3.85. The summed E-state index contributed by atoms with van der Waals surface area (Å²) in [6, 6.07) is 13.9. The fraction of sp³-hybridized carbons (Fsp3) is 0.235. The Morgan fingerprint density at radius 3 is 2.52 bits per heavy atom. The molecule has 0 aliphatic rings.